The zero-order valence-corrected chi connectivity index (χ0v) is 16.6. The van der Waals surface area contributed by atoms with E-state index >= 15 is 0 Å². The molecule has 2 aliphatic heterocycles. The van der Waals surface area contributed by atoms with E-state index in [4.69, 9.17) is 0 Å². The molecule has 2 saturated heterocycles. The van der Waals surface area contributed by atoms with E-state index in [-0.39, 0.29) is 11.8 Å². The highest BCUT2D eigenvalue weighted by Gasteiger charge is 2.35. The monoisotopic (exact) mass is 399 g/mol. The van der Waals surface area contributed by atoms with E-state index in [0.717, 1.165) is 32.0 Å². The first kappa shape index (κ1) is 20.8. The van der Waals surface area contributed by atoms with Gasteiger partial charge < -0.3 is 9.80 Å². The predicted molar refractivity (Wildman–Crippen MR) is 99.9 cm³/mol. The number of anilines is 1. The first-order chi connectivity index (χ1) is 13.2. The molecule has 6 nitrogen and oxygen atoms in total. The lowest BCUT2D eigenvalue weighted by Gasteiger charge is -2.43. The van der Waals surface area contributed by atoms with Gasteiger partial charge in [-0.05, 0) is 33.6 Å². The zero-order chi connectivity index (χ0) is 20.5. The average molecular weight is 399 g/mol. The van der Waals surface area contributed by atoms with Gasteiger partial charge in [-0.25, -0.2) is 9.97 Å². The number of carbonyl (C=O) groups excluding carboxylic acids is 1. The molecule has 0 spiro atoms. The average Bonchev–Trinajstić information content (AvgIpc) is 2.66. The molecule has 0 aromatic carbocycles. The van der Waals surface area contributed by atoms with Gasteiger partial charge in [0.15, 0.2) is 5.69 Å². The summed E-state index contributed by atoms with van der Waals surface area (Å²) in [5.74, 6) is 0.600. The van der Waals surface area contributed by atoms with Crippen LogP contribution in [0.1, 0.15) is 39.3 Å². The van der Waals surface area contributed by atoms with Crippen LogP contribution in [-0.2, 0) is 11.0 Å². The smallest absolute Gasteiger partial charge is 0.355 e. The second kappa shape index (κ2) is 8.23. The van der Waals surface area contributed by atoms with E-state index in [1.165, 1.54) is 0 Å². The lowest BCUT2D eigenvalue weighted by atomic mass is 9.94. The number of carbonyl (C=O) groups is 1. The largest absolute Gasteiger partial charge is 0.434 e. The minimum absolute atomic E-state index is 0.0311. The summed E-state index contributed by atoms with van der Waals surface area (Å²) in [6.07, 6.45) is -1.19. The number of rotatable bonds is 3. The van der Waals surface area contributed by atoms with E-state index in [0.29, 0.717) is 43.8 Å². The molecule has 0 aliphatic carbocycles. The minimum Gasteiger partial charge on any atom is -0.355 e. The van der Waals surface area contributed by atoms with Crippen LogP contribution in [0.25, 0.3) is 0 Å². The third kappa shape index (κ3) is 4.56. The Kier molecular flexibility index (Phi) is 6.12. The molecule has 156 valence electrons. The number of piperazine rings is 1. The van der Waals surface area contributed by atoms with Crippen LogP contribution in [0.3, 0.4) is 0 Å². The number of amides is 1. The number of hydrogen-bond donors (Lipinski definition) is 0. The van der Waals surface area contributed by atoms with Crippen LogP contribution in [-0.4, -0.2) is 70.5 Å². The van der Waals surface area contributed by atoms with Crippen molar-refractivity contribution in [3.63, 3.8) is 0 Å². The molecular weight excluding hydrogens is 371 g/mol. The number of nitrogens with zero attached hydrogens (tertiary/aromatic N) is 5. The molecule has 1 amide bonds. The van der Waals surface area contributed by atoms with Gasteiger partial charge >= 0.3 is 6.18 Å². The number of halogens is 3. The quantitative estimate of drug-likeness (QED) is 0.782. The van der Waals surface area contributed by atoms with Crippen molar-refractivity contribution in [2.75, 3.05) is 37.6 Å². The molecule has 2 fully saturated rings. The fraction of sp³-hybridized carbons (Fsp3) is 0.737. The number of alkyl halides is 3. The van der Waals surface area contributed by atoms with Gasteiger partial charge in [-0.2, -0.15) is 13.2 Å². The first-order valence-electron chi connectivity index (χ1n) is 9.85. The van der Waals surface area contributed by atoms with Crippen LogP contribution in [0.2, 0.25) is 0 Å². The third-order valence-electron chi connectivity index (χ3n) is 5.75. The fourth-order valence-corrected chi connectivity index (χ4v) is 4.18. The van der Waals surface area contributed by atoms with Crippen LogP contribution >= 0.6 is 0 Å². The zero-order valence-electron chi connectivity index (χ0n) is 16.6. The second-order valence-corrected chi connectivity index (χ2v) is 7.98. The Bertz CT molecular complexity index is 671. The van der Waals surface area contributed by atoms with Crippen molar-refractivity contribution < 1.29 is 18.0 Å². The molecule has 1 aromatic heterocycles. The van der Waals surface area contributed by atoms with Crippen molar-refractivity contribution in [2.45, 2.75) is 51.9 Å². The van der Waals surface area contributed by atoms with E-state index in [2.05, 4.69) is 35.6 Å². The Morgan fingerprint density at radius 3 is 2.29 bits per heavy atom. The maximum absolute atomic E-state index is 12.9. The SMILES string of the molecule is CC(C)N1CCN(C(=O)C2CCN(c3cnc(C(F)(F)F)cn3)CC2)CC1C. The maximum Gasteiger partial charge on any atom is 0.434 e. The van der Waals surface area contributed by atoms with Crippen molar-refractivity contribution in [3.8, 4) is 0 Å². The Labute approximate surface area is 163 Å². The molecule has 0 saturated carbocycles. The number of piperidine rings is 1. The van der Waals surface area contributed by atoms with E-state index in [9.17, 15) is 18.0 Å². The van der Waals surface area contributed by atoms with E-state index < -0.39 is 11.9 Å². The molecule has 0 bridgehead atoms. The Morgan fingerprint density at radius 2 is 1.79 bits per heavy atom. The van der Waals surface area contributed by atoms with Gasteiger partial charge in [0.2, 0.25) is 5.91 Å². The molecule has 3 rings (SSSR count). The van der Waals surface area contributed by atoms with E-state index in [1.54, 1.807) is 0 Å². The van der Waals surface area contributed by atoms with Gasteiger partial charge in [0.05, 0.1) is 12.4 Å². The predicted octanol–water partition coefficient (Wildman–Crippen LogP) is 2.65. The molecule has 0 N–H and O–H groups in total. The highest BCUT2D eigenvalue weighted by molar-refractivity contribution is 5.79. The fourth-order valence-electron chi connectivity index (χ4n) is 4.18. The standard InChI is InChI=1S/C19H28F3N5O/c1-13(2)27-9-8-26(12-14(27)3)18(28)15-4-6-25(7-5-15)17-11-23-16(10-24-17)19(20,21)22/h10-11,13-15H,4-9,12H2,1-3H3. The minimum atomic E-state index is -4.48. The van der Waals surface area contributed by atoms with E-state index in [1.807, 2.05) is 9.80 Å². The van der Waals surface area contributed by atoms with Gasteiger partial charge in [0.25, 0.3) is 0 Å². The van der Waals surface area contributed by atoms with Crippen molar-refractivity contribution >= 4 is 11.7 Å². The molecule has 3 heterocycles. The molecular formula is C19H28F3N5O. The van der Waals surface area contributed by atoms with Crippen molar-refractivity contribution in [1.82, 2.24) is 19.8 Å². The van der Waals surface area contributed by atoms with Gasteiger partial charge in [-0.1, -0.05) is 0 Å². The molecule has 2 aliphatic rings. The summed E-state index contributed by atoms with van der Waals surface area (Å²) in [6, 6.07) is 0.820. The number of hydrogen-bond acceptors (Lipinski definition) is 5. The van der Waals surface area contributed by atoms with Crippen LogP contribution in [0.5, 0.6) is 0 Å². The topological polar surface area (TPSA) is 52.6 Å². The normalized spacial score (nSPS) is 22.8. The van der Waals surface area contributed by atoms with Crippen molar-refractivity contribution in [2.24, 2.45) is 5.92 Å². The molecule has 1 atom stereocenters. The Balaban J connectivity index is 1.53. The van der Waals surface area contributed by atoms with Crippen LogP contribution < -0.4 is 4.90 Å². The van der Waals surface area contributed by atoms with Crippen LogP contribution in [0.15, 0.2) is 12.4 Å². The summed E-state index contributed by atoms with van der Waals surface area (Å²) >= 11 is 0. The highest BCUT2D eigenvalue weighted by atomic mass is 19.4. The van der Waals surface area contributed by atoms with Gasteiger partial charge in [-0.3, -0.25) is 9.69 Å². The lowest BCUT2D eigenvalue weighted by molar-refractivity contribution is -0.141. The molecule has 1 unspecified atom stereocenters. The summed E-state index contributed by atoms with van der Waals surface area (Å²) < 4.78 is 37.8. The summed E-state index contributed by atoms with van der Waals surface area (Å²) in [5, 5.41) is 0. The maximum atomic E-state index is 12.9. The summed E-state index contributed by atoms with van der Waals surface area (Å²) in [5.41, 5.74) is -0.990. The van der Waals surface area contributed by atoms with Gasteiger partial charge in [-0.15, -0.1) is 0 Å². The third-order valence-corrected chi connectivity index (χ3v) is 5.75. The highest BCUT2D eigenvalue weighted by Crippen LogP contribution is 2.29. The molecule has 0 radical (unpaired) electrons. The van der Waals surface area contributed by atoms with Gasteiger partial charge in [0.1, 0.15) is 5.82 Å². The Hall–Kier alpha value is -1.90. The second-order valence-electron chi connectivity index (χ2n) is 7.98. The summed E-state index contributed by atoms with van der Waals surface area (Å²) in [6.45, 7) is 10.1. The Morgan fingerprint density at radius 1 is 1.11 bits per heavy atom. The van der Waals surface area contributed by atoms with Crippen LogP contribution in [0, 0.1) is 5.92 Å². The molecule has 28 heavy (non-hydrogen) atoms. The molecule has 9 heteroatoms. The van der Waals surface area contributed by atoms with Crippen LogP contribution in [0.4, 0.5) is 19.0 Å². The number of aromatic nitrogens is 2. The summed E-state index contributed by atoms with van der Waals surface area (Å²) in [7, 11) is 0. The van der Waals surface area contributed by atoms with Crippen molar-refractivity contribution in [3.05, 3.63) is 18.1 Å². The van der Waals surface area contributed by atoms with Gasteiger partial charge in [0, 0.05) is 50.7 Å². The lowest BCUT2D eigenvalue weighted by Crippen LogP contribution is -2.57. The summed E-state index contributed by atoms with van der Waals surface area (Å²) in [4.78, 5) is 26.6. The first-order valence-corrected chi connectivity index (χ1v) is 9.85. The van der Waals surface area contributed by atoms with Crippen molar-refractivity contribution in [1.29, 1.82) is 0 Å². The molecule has 1 aromatic rings.